The van der Waals surface area contributed by atoms with Crippen LogP contribution in [0.5, 0.6) is 5.75 Å². The molecule has 1 aromatic heterocycles. The summed E-state index contributed by atoms with van der Waals surface area (Å²) >= 11 is 1.17. The Morgan fingerprint density at radius 3 is 2.67 bits per heavy atom. The van der Waals surface area contributed by atoms with E-state index in [9.17, 15) is 14.9 Å². The smallest absolute Gasteiger partial charge is 0.247 e. The normalized spacial score (nSPS) is 15.6. The largest absolute Gasteiger partial charge is 0.494 e. The number of nitrogens with one attached hydrogen (secondary N) is 2. The summed E-state index contributed by atoms with van der Waals surface area (Å²) in [6.07, 6.45) is 3.52. The zero-order chi connectivity index (χ0) is 23.8. The minimum absolute atomic E-state index is 0.0618. The molecule has 0 unspecified atom stereocenters. The van der Waals surface area contributed by atoms with Crippen molar-refractivity contribution in [2.45, 2.75) is 32.6 Å². The van der Waals surface area contributed by atoms with Crippen LogP contribution in [0.15, 0.2) is 69.0 Å². The number of hydrogen-bond donors (Lipinski definition) is 3. The highest BCUT2D eigenvalue weighted by Crippen LogP contribution is 2.40. The molecule has 0 radical (unpaired) electrons. The number of nitriles is 1. The number of amides is 2. The lowest BCUT2D eigenvalue weighted by molar-refractivity contribution is -0.115. The van der Waals surface area contributed by atoms with E-state index in [4.69, 9.17) is 14.9 Å². The summed E-state index contributed by atoms with van der Waals surface area (Å²) in [6.45, 7) is 4.46. The van der Waals surface area contributed by atoms with Crippen LogP contribution in [0.1, 0.15) is 38.4 Å². The number of primary amides is 1. The van der Waals surface area contributed by atoms with Crippen molar-refractivity contribution in [2.24, 2.45) is 5.73 Å². The molecule has 1 aliphatic heterocycles. The van der Waals surface area contributed by atoms with Crippen molar-refractivity contribution in [3.63, 3.8) is 0 Å². The van der Waals surface area contributed by atoms with Gasteiger partial charge in [-0.2, -0.15) is 5.26 Å². The average Bonchev–Trinajstić information content (AvgIpc) is 3.33. The van der Waals surface area contributed by atoms with Crippen molar-refractivity contribution in [2.75, 3.05) is 17.7 Å². The number of hydrogen-bond acceptors (Lipinski definition) is 7. The Morgan fingerprint density at radius 1 is 1.30 bits per heavy atom. The summed E-state index contributed by atoms with van der Waals surface area (Å²) in [6, 6.07) is 12.7. The molecule has 1 atom stereocenters. The summed E-state index contributed by atoms with van der Waals surface area (Å²) in [4.78, 5) is 24.6. The molecule has 2 amide bonds. The number of furan rings is 1. The van der Waals surface area contributed by atoms with Crippen LogP contribution in [-0.4, -0.2) is 24.2 Å². The molecule has 0 saturated carbocycles. The Labute approximate surface area is 196 Å². The standard InChI is InChI=1S/C24H26N4O4S/c1-3-4-11-31-17-9-7-16(8-10-17)28-20(29)14-33-24-18(13-25)22(19-6-5-12-32-19)21(23(26)30)15(2)27-24/h5-10,12,22,27H,3-4,11,14H2,1-2H3,(H2,26,30)(H,28,29)/t22-/m1/s1. The Balaban J connectivity index is 1.68. The minimum Gasteiger partial charge on any atom is -0.494 e. The van der Waals surface area contributed by atoms with Crippen molar-refractivity contribution in [3.05, 3.63) is 70.3 Å². The molecule has 4 N–H and O–H groups in total. The summed E-state index contributed by atoms with van der Waals surface area (Å²) in [5.74, 6) is -0.352. The van der Waals surface area contributed by atoms with Gasteiger partial charge in [0.2, 0.25) is 11.8 Å². The predicted octanol–water partition coefficient (Wildman–Crippen LogP) is 4.01. The van der Waals surface area contributed by atoms with Crippen molar-refractivity contribution >= 4 is 29.3 Å². The first-order valence-electron chi connectivity index (χ1n) is 10.5. The number of rotatable bonds is 10. The van der Waals surface area contributed by atoms with E-state index in [2.05, 4.69) is 23.6 Å². The first-order valence-corrected chi connectivity index (χ1v) is 11.5. The van der Waals surface area contributed by atoms with Gasteiger partial charge < -0.3 is 25.5 Å². The number of nitrogens with zero attached hydrogens (tertiary/aromatic N) is 1. The van der Waals surface area contributed by atoms with Gasteiger partial charge in [-0.3, -0.25) is 9.59 Å². The average molecular weight is 467 g/mol. The summed E-state index contributed by atoms with van der Waals surface area (Å²) in [5, 5.41) is 16.2. The number of carbonyl (C=O) groups is 2. The number of benzene rings is 1. The Morgan fingerprint density at radius 2 is 2.06 bits per heavy atom. The topological polar surface area (TPSA) is 130 Å². The number of dihydropyridines is 1. The highest BCUT2D eigenvalue weighted by atomic mass is 32.2. The SMILES string of the molecule is CCCCOc1ccc(NC(=O)CSC2=C(C#N)[C@H](c3ccco3)C(C(N)=O)=C(C)N2)cc1. The lowest BCUT2D eigenvalue weighted by Gasteiger charge is -2.27. The van der Waals surface area contributed by atoms with E-state index in [1.807, 2.05) is 12.1 Å². The van der Waals surface area contributed by atoms with Gasteiger partial charge in [-0.05, 0) is 49.7 Å². The van der Waals surface area contributed by atoms with Crippen molar-refractivity contribution in [3.8, 4) is 11.8 Å². The van der Waals surface area contributed by atoms with E-state index in [1.165, 1.54) is 18.0 Å². The second-order valence-electron chi connectivity index (χ2n) is 7.39. The maximum atomic E-state index is 12.5. The number of thioether (sulfide) groups is 1. The molecule has 0 bridgehead atoms. The van der Waals surface area contributed by atoms with E-state index < -0.39 is 11.8 Å². The van der Waals surface area contributed by atoms with Gasteiger partial charge in [0.05, 0.1) is 46.8 Å². The predicted molar refractivity (Wildman–Crippen MR) is 127 cm³/mol. The lowest BCUT2D eigenvalue weighted by Crippen LogP contribution is -2.31. The molecule has 9 heteroatoms. The first-order chi connectivity index (χ1) is 15.9. The molecule has 33 heavy (non-hydrogen) atoms. The molecular formula is C24H26N4O4S. The molecule has 2 aromatic rings. The van der Waals surface area contributed by atoms with Crippen LogP contribution in [0.3, 0.4) is 0 Å². The van der Waals surface area contributed by atoms with E-state index in [0.717, 1.165) is 18.6 Å². The number of allylic oxidation sites excluding steroid dienone is 2. The van der Waals surface area contributed by atoms with Crippen LogP contribution in [0, 0.1) is 11.3 Å². The van der Waals surface area contributed by atoms with Crippen molar-refractivity contribution in [1.29, 1.82) is 5.26 Å². The van der Waals surface area contributed by atoms with Crippen LogP contribution in [0.4, 0.5) is 5.69 Å². The molecule has 1 aromatic carbocycles. The van der Waals surface area contributed by atoms with Crippen molar-refractivity contribution < 1.29 is 18.7 Å². The van der Waals surface area contributed by atoms with Gasteiger partial charge >= 0.3 is 0 Å². The van der Waals surface area contributed by atoms with Crippen LogP contribution >= 0.6 is 11.8 Å². The van der Waals surface area contributed by atoms with Crippen LogP contribution in [-0.2, 0) is 9.59 Å². The third-order valence-corrected chi connectivity index (χ3v) is 6.01. The van der Waals surface area contributed by atoms with Gasteiger partial charge in [0.15, 0.2) is 0 Å². The quantitative estimate of drug-likeness (QED) is 0.451. The van der Waals surface area contributed by atoms with Gasteiger partial charge in [0.25, 0.3) is 0 Å². The maximum absolute atomic E-state index is 12.5. The fourth-order valence-electron chi connectivity index (χ4n) is 3.40. The maximum Gasteiger partial charge on any atom is 0.247 e. The van der Waals surface area contributed by atoms with Gasteiger partial charge in [0.1, 0.15) is 11.5 Å². The minimum atomic E-state index is -0.727. The molecule has 0 saturated heterocycles. The van der Waals surface area contributed by atoms with Crippen LogP contribution < -0.4 is 21.1 Å². The molecule has 0 aliphatic carbocycles. The fraction of sp³-hybridized carbons (Fsp3) is 0.292. The second-order valence-corrected chi connectivity index (χ2v) is 8.38. The molecule has 0 spiro atoms. The first kappa shape index (κ1) is 24.0. The monoisotopic (exact) mass is 466 g/mol. The number of nitrogens with two attached hydrogens (primary N) is 1. The highest BCUT2D eigenvalue weighted by Gasteiger charge is 2.35. The lowest BCUT2D eigenvalue weighted by atomic mass is 9.86. The van der Waals surface area contributed by atoms with Gasteiger partial charge in [-0.25, -0.2) is 0 Å². The number of ether oxygens (including phenoxy) is 1. The van der Waals surface area contributed by atoms with E-state index in [1.54, 1.807) is 31.2 Å². The molecule has 3 rings (SSSR count). The fourth-order valence-corrected chi connectivity index (χ4v) is 4.29. The van der Waals surface area contributed by atoms with Crippen LogP contribution in [0.25, 0.3) is 0 Å². The third kappa shape index (κ3) is 5.99. The summed E-state index contributed by atoms with van der Waals surface area (Å²) in [7, 11) is 0. The molecule has 1 aliphatic rings. The number of carbonyl (C=O) groups excluding carboxylic acids is 2. The van der Waals surface area contributed by atoms with Gasteiger partial charge in [0, 0.05) is 11.4 Å². The van der Waals surface area contributed by atoms with Gasteiger partial charge in [-0.1, -0.05) is 25.1 Å². The van der Waals surface area contributed by atoms with Crippen LogP contribution in [0.2, 0.25) is 0 Å². The Hall–Kier alpha value is -3.64. The molecular weight excluding hydrogens is 440 g/mol. The van der Waals surface area contributed by atoms with Gasteiger partial charge in [-0.15, -0.1) is 0 Å². The second kappa shape index (κ2) is 11.3. The van der Waals surface area contributed by atoms with E-state index in [0.29, 0.717) is 28.8 Å². The van der Waals surface area contributed by atoms with E-state index in [-0.39, 0.29) is 22.8 Å². The van der Waals surface area contributed by atoms with Crippen molar-refractivity contribution in [1.82, 2.24) is 5.32 Å². The zero-order valence-electron chi connectivity index (χ0n) is 18.5. The summed E-state index contributed by atoms with van der Waals surface area (Å²) in [5.41, 5.74) is 7.28. The van der Waals surface area contributed by atoms with E-state index >= 15 is 0 Å². The summed E-state index contributed by atoms with van der Waals surface area (Å²) < 4.78 is 11.1. The highest BCUT2D eigenvalue weighted by molar-refractivity contribution is 8.03. The molecule has 8 nitrogen and oxygen atoms in total. The number of anilines is 1. The molecule has 172 valence electrons. The molecule has 2 heterocycles. The number of unbranched alkanes of at least 4 members (excludes halogenated alkanes) is 1. The molecule has 0 fully saturated rings. The third-order valence-electron chi connectivity index (χ3n) is 4.99. The zero-order valence-corrected chi connectivity index (χ0v) is 19.3. The Kier molecular flexibility index (Phi) is 8.22. The Bertz CT molecular complexity index is 1100.